The molecule has 0 aliphatic heterocycles. The molecular formula is C22H30O4S. The van der Waals surface area contributed by atoms with Crippen LogP contribution in [0.1, 0.15) is 58.4 Å². The number of rotatable bonds is 5. The van der Waals surface area contributed by atoms with Crippen LogP contribution in [-0.2, 0) is 16.3 Å². The smallest absolute Gasteiger partial charge is 0.336 e. The van der Waals surface area contributed by atoms with Gasteiger partial charge in [0.05, 0.1) is 10.5 Å². The van der Waals surface area contributed by atoms with Gasteiger partial charge in [0.1, 0.15) is 5.58 Å². The van der Waals surface area contributed by atoms with Crippen LogP contribution < -0.4 is 5.63 Å². The molecular weight excluding hydrogens is 360 g/mol. The fourth-order valence-electron chi connectivity index (χ4n) is 3.89. The monoisotopic (exact) mass is 390 g/mol. The summed E-state index contributed by atoms with van der Waals surface area (Å²) in [4.78, 5) is 11.3. The summed E-state index contributed by atoms with van der Waals surface area (Å²) in [7, 11) is -3.03. The Labute approximate surface area is 161 Å². The summed E-state index contributed by atoms with van der Waals surface area (Å²) in [6.45, 7) is 5.38. The number of benzene rings is 1. The van der Waals surface area contributed by atoms with Crippen LogP contribution in [0.2, 0.25) is 0 Å². The lowest BCUT2D eigenvalue weighted by atomic mass is 9.80. The van der Waals surface area contributed by atoms with Gasteiger partial charge in [-0.3, -0.25) is 0 Å². The SMILES string of the molecule is CC(C)(C)S(=O)(=O)CC1CCC(CCc2ccc3oc(=O)ccc3c2)CC1. The molecule has 1 aliphatic rings. The Hall–Kier alpha value is -1.62. The van der Waals surface area contributed by atoms with E-state index in [1.807, 2.05) is 18.2 Å². The van der Waals surface area contributed by atoms with E-state index in [-0.39, 0.29) is 5.63 Å². The molecule has 1 saturated carbocycles. The predicted octanol–water partition coefficient (Wildman–Crippen LogP) is 4.75. The summed E-state index contributed by atoms with van der Waals surface area (Å²) in [6, 6.07) is 9.28. The highest BCUT2D eigenvalue weighted by atomic mass is 32.2. The van der Waals surface area contributed by atoms with Crippen LogP contribution in [0.25, 0.3) is 11.0 Å². The number of sulfone groups is 1. The Morgan fingerprint density at radius 2 is 1.67 bits per heavy atom. The van der Waals surface area contributed by atoms with Crippen LogP contribution in [0, 0.1) is 11.8 Å². The second-order valence-corrected chi connectivity index (χ2v) is 11.7. The molecule has 1 aromatic heterocycles. The van der Waals surface area contributed by atoms with Crippen LogP contribution in [0.15, 0.2) is 39.5 Å². The van der Waals surface area contributed by atoms with Gasteiger partial charge in [-0.1, -0.05) is 18.9 Å². The Morgan fingerprint density at radius 3 is 2.33 bits per heavy atom. The molecule has 0 N–H and O–H groups in total. The molecule has 2 aromatic rings. The third kappa shape index (κ3) is 5.01. The van der Waals surface area contributed by atoms with Gasteiger partial charge in [-0.15, -0.1) is 0 Å². The van der Waals surface area contributed by atoms with Crippen molar-refractivity contribution in [2.45, 2.75) is 64.0 Å². The lowest BCUT2D eigenvalue weighted by Gasteiger charge is -2.30. The molecule has 1 fully saturated rings. The normalized spacial score (nSPS) is 21.4. The second kappa shape index (κ2) is 7.78. The van der Waals surface area contributed by atoms with E-state index in [1.54, 1.807) is 20.8 Å². The number of aryl methyl sites for hydroxylation is 1. The van der Waals surface area contributed by atoms with Crippen molar-refractivity contribution in [2.75, 3.05) is 5.75 Å². The maximum atomic E-state index is 12.4. The first-order valence-corrected chi connectivity index (χ1v) is 11.5. The Balaban J connectivity index is 1.51. The van der Waals surface area contributed by atoms with Gasteiger partial charge in [0.25, 0.3) is 0 Å². The van der Waals surface area contributed by atoms with Crippen LogP contribution in [0.4, 0.5) is 0 Å². The number of fused-ring (bicyclic) bond motifs is 1. The molecule has 1 heterocycles. The minimum absolute atomic E-state index is 0.314. The maximum Gasteiger partial charge on any atom is 0.336 e. The van der Waals surface area contributed by atoms with Gasteiger partial charge in [0, 0.05) is 11.5 Å². The highest BCUT2D eigenvalue weighted by Crippen LogP contribution is 2.34. The molecule has 0 amide bonds. The Kier molecular flexibility index (Phi) is 5.80. The lowest BCUT2D eigenvalue weighted by Crippen LogP contribution is -2.34. The van der Waals surface area contributed by atoms with E-state index in [4.69, 9.17) is 4.42 Å². The number of hydrogen-bond donors (Lipinski definition) is 0. The fourth-order valence-corrected chi connectivity index (χ4v) is 5.35. The van der Waals surface area contributed by atoms with Gasteiger partial charge >= 0.3 is 5.63 Å². The molecule has 148 valence electrons. The van der Waals surface area contributed by atoms with Crippen molar-refractivity contribution in [1.82, 2.24) is 0 Å². The first-order valence-electron chi connectivity index (χ1n) is 9.89. The van der Waals surface area contributed by atoms with Crippen molar-refractivity contribution < 1.29 is 12.8 Å². The van der Waals surface area contributed by atoms with Gasteiger partial charge in [-0.25, -0.2) is 13.2 Å². The first kappa shape index (κ1) is 20.1. The minimum Gasteiger partial charge on any atom is -0.423 e. The summed E-state index contributed by atoms with van der Waals surface area (Å²) in [5.74, 6) is 1.32. The van der Waals surface area contributed by atoms with Crippen molar-refractivity contribution >= 4 is 20.8 Å². The summed E-state index contributed by atoms with van der Waals surface area (Å²) in [6.07, 6.45) is 6.40. The van der Waals surface area contributed by atoms with E-state index in [2.05, 4.69) is 6.07 Å². The average Bonchev–Trinajstić information content (AvgIpc) is 2.60. The molecule has 0 saturated heterocycles. The summed E-state index contributed by atoms with van der Waals surface area (Å²) >= 11 is 0. The molecule has 1 aliphatic carbocycles. The predicted molar refractivity (Wildman–Crippen MR) is 110 cm³/mol. The van der Waals surface area contributed by atoms with Gasteiger partial charge in [-0.05, 0) is 82.1 Å². The molecule has 27 heavy (non-hydrogen) atoms. The van der Waals surface area contributed by atoms with Crippen LogP contribution in [-0.4, -0.2) is 18.9 Å². The number of hydrogen-bond acceptors (Lipinski definition) is 4. The van der Waals surface area contributed by atoms with E-state index >= 15 is 0 Å². The van der Waals surface area contributed by atoms with Gasteiger partial charge in [0.15, 0.2) is 9.84 Å². The van der Waals surface area contributed by atoms with Crippen molar-refractivity contribution in [2.24, 2.45) is 11.8 Å². The Bertz CT molecular complexity index is 942. The van der Waals surface area contributed by atoms with E-state index in [1.165, 1.54) is 11.6 Å². The molecule has 4 nitrogen and oxygen atoms in total. The third-order valence-electron chi connectivity index (χ3n) is 5.88. The van der Waals surface area contributed by atoms with Gasteiger partial charge < -0.3 is 4.42 Å². The van der Waals surface area contributed by atoms with E-state index in [0.717, 1.165) is 43.9 Å². The fraction of sp³-hybridized carbons (Fsp3) is 0.591. The average molecular weight is 391 g/mol. The zero-order valence-corrected chi connectivity index (χ0v) is 17.3. The highest BCUT2D eigenvalue weighted by Gasteiger charge is 2.33. The quantitative estimate of drug-likeness (QED) is 0.691. The summed E-state index contributed by atoms with van der Waals surface area (Å²) < 4.78 is 29.4. The molecule has 0 spiro atoms. The first-order chi connectivity index (χ1) is 12.6. The standard InChI is InChI=1S/C22H30O4S/c1-22(2,3)27(24,25)15-18-8-5-16(6-9-18)4-7-17-10-12-20-19(14-17)11-13-21(23)26-20/h10-14,16,18H,4-9,15H2,1-3H3. The van der Waals surface area contributed by atoms with Crippen LogP contribution in [0.5, 0.6) is 0 Å². The molecule has 3 rings (SSSR count). The van der Waals surface area contributed by atoms with Crippen molar-refractivity contribution in [1.29, 1.82) is 0 Å². The van der Waals surface area contributed by atoms with Gasteiger partial charge in [-0.2, -0.15) is 0 Å². The summed E-state index contributed by atoms with van der Waals surface area (Å²) in [5, 5.41) is 0.961. The van der Waals surface area contributed by atoms with Crippen LogP contribution >= 0.6 is 0 Å². The van der Waals surface area contributed by atoms with Gasteiger partial charge in [0.2, 0.25) is 0 Å². The molecule has 0 unspecified atom stereocenters. The molecule has 5 heteroatoms. The topological polar surface area (TPSA) is 64.3 Å². The zero-order chi connectivity index (χ0) is 19.7. The minimum atomic E-state index is -3.03. The van der Waals surface area contributed by atoms with Crippen LogP contribution in [0.3, 0.4) is 0 Å². The van der Waals surface area contributed by atoms with E-state index in [9.17, 15) is 13.2 Å². The lowest BCUT2D eigenvalue weighted by molar-refractivity contribution is 0.278. The van der Waals surface area contributed by atoms with E-state index < -0.39 is 14.6 Å². The largest absolute Gasteiger partial charge is 0.423 e. The maximum absolute atomic E-state index is 12.4. The molecule has 1 aromatic carbocycles. The highest BCUT2D eigenvalue weighted by molar-refractivity contribution is 7.92. The molecule has 0 bridgehead atoms. The second-order valence-electron chi connectivity index (χ2n) is 8.95. The van der Waals surface area contributed by atoms with Crippen molar-refractivity contribution in [3.8, 4) is 0 Å². The zero-order valence-electron chi connectivity index (χ0n) is 16.5. The van der Waals surface area contributed by atoms with Crippen molar-refractivity contribution in [3.63, 3.8) is 0 Å². The van der Waals surface area contributed by atoms with E-state index in [0.29, 0.717) is 23.2 Å². The summed E-state index contributed by atoms with van der Waals surface area (Å²) in [5.41, 5.74) is 1.57. The third-order valence-corrected chi connectivity index (χ3v) is 8.66. The van der Waals surface area contributed by atoms with Crippen molar-refractivity contribution in [3.05, 3.63) is 46.3 Å². The molecule has 0 atom stereocenters. The Morgan fingerprint density at radius 1 is 1.00 bits per heavy atom. The molecule has 0 radical (unpaired) electrons.